The van der Waals surface area contributed by atoms with Gasteiger partial charge in [-0.2, -0.15) is 0 Å². The minimum Gasteiger partial charge on any atom is -0.481 e. The molecule has 1 unspecified atom stereocenters. The van der Waals surface area contributed by atoms with E-state index in [9.17, 15) is 9.59 Å². The van der Waals surface area contributed by atoms with Crippen LogP contribution in [0.3, 0.4) is 0 Å². The van der Waals surface area contributed by atoms with E-state index in [4.69, 9.17) is 9.84 Å². The number of nitrogens with one attached hydrogen (secondary N) is 1. The SMILES string of the molecule is COCC1CCCN(C(=O)NCCCCC(=O)O)C1. The van der Waals surface area contributed by atoms with Crippen molar-refractivity contribution in [3.05, 3.63) is 0 Å². The first-order valence-electron chi connectivity index (χ1n) is 6.87. The summed E-state index contributed by atoms with van der Waals surface area (Å²) in [6.45, 7) is 2.77. The van der Waals surface area contributed by atoms with Crippen molar-refractivity contribution in [3.63, 3.8) is 0 Å². The van der Waals surface area contributed by atoms with Gasteiger partial charge in [0.1, 0.15) is 0 Å². The maximum absolute atomic E-state index is 11.9. The smallest absolute Gasteiger partial charge is 0.317 e. The van der Waals surface area contributed by atoms with Crippen LogP contribution in [0.1, 0.15) is 32.1 Å². The Kier molecular flexibility index (Phi) is 7.25. The number of aliphatic carboxylic acids is 1. The lowest BCUT2D eigenvalue weighted by Crippen LogP contribution is -2.46. The van der Waals surface area contributed by atoms with E-state index in [0.29, 0.717) is 31.9 Å². The molecule has 1 fully saturated rings. The molecule has 0 saturated carbocycles. The van der Waals surface area contributed by atoms with Crippen LogP contribution in [-0.4, -0.2) is 55.4 Å². The summed E-state index contributed by atoms with van der Waals surface area (Å²) in [6.07, 6.45) is 3.58. The molecule has 2 N–H and O–H groups in total. The van der Waals surface area contributed by atoms with E-state index in [0.717, 1.165) is 25.9 Å². The monoisotopic (exact) mass is 272 g/mol. The van der Waals surface area contributed by atoms with Crippen LogP contribution < -0.4 is 5.32 Å². The first kappa shape index (κ1) is 15.8. The zero-order chi connectivity index (χ0) is 14.1. The van der Waals surface area contributed by atoms with Gasteiger partial charge in [-0.25, -0.2) is 4.79 Å². The number of hydrogen-bond donors (Lipinski definition) is 2. The Morgan fingerprint density at radius 3 is 2.89 bits per heavy atom. The van der Waals surface area contributed by atoms with E-state index in [2.05, 4.69) is 5.32 Å². The van der Waals surface area contributed by atoms with Crippen LogP contribution in [0.4, 0.5) is 4.79 Å². The summed E-state index contributed by atoms with van der Waals surface area (Å²) < 4.78 is 5.13. The fourth-order valence-corrected chi connectivity index (χ4v) is 2.33. The third-order valence-electron chi connectivity index (χ3n) is 3.30. The molecule has 0 aliphatic carbocycles. The van der Waals surface area contributed by atoms with E-state index >= 15 is 0 Å². The van der Waals surface area contributed by atoms with E-state index in [1.165, 1.54) is 0 Å². The molecule has 110 valence electrons. The number of ether oxygens (including phenoxy) is 1. The molecule has 19 heavy (non-hydrogen) atoms. The Bertz CT molecular complexity index is 294. The lowest BCUT2D eigenvalue weighted by Gasteiger charge is -2.32. The molecule has 1 atom stereocenters. The van der Waals surface area contributed by atoms with Crippen molar-refractivity contribution in [2.45, 2.75) is 32.1 Å². The summed E-state index contributed by atoms with van der Waals surface area (Å²) in [5, 5.41) is 11.3. The Hall–Kier alpha value is -1.30. The first-order chi connectivity index (χ1) is 9.13. The number of carboxylic acids is 1. The molecule has 1 saturated heterocycles. The van der Waals surface area contributed by atoms with Gasteiger partial charge >= 0.3 is 12.0 Å². The van der Waals surface area contributed by atoms with Crippen molar-refractivity contribution in [3.8, 4) is 0 Å². The van der Waals surface area contributed by atoms with Gasteiger partial charge in [0.15, 0.2) is 0 Å². The summed E-state index contributed by atoms with van der Waals surface area (Å²) >= 11 is 0. The molecule has 1 rings (SSSR count). The average Bonchev–Trinajstić information content (AvgIpc) is 2.38. The molecule has 1 aliphatic rings. The van der Waals surface area contributed by atoms with Crippen LogP contribution in [0.2, 0.25) is 0 Å². The molecule has 6 nitrogen and oxygen atoms in total. The normalized spacial score (nSPS) is 19.2. The van der Waals surface area contributed by atoms with Gasteiger partial charge in [0, 0.05) is 39.1 Å². The van der Waals surface area contributed by atoms with Gasteiger partial charge in [-0.3, -0.25) is 4.79 Å². The van der Waals surface area contributed by atoms with Gasteiger partial charge in [0.05, 0.1) is 6.61 Å². The molecule has 6 heteroatoms. The summed E-state index contributed by atoms with van der Waals surface area (Å²) in [5.74, 6) is -0.360. The fraction of sp³-hybridized carbons (Fsp3) is 0.846. The van der Waals surface area contributed by atoms with Crippen molar-refractivity contribution in [1.29, 1.82) is 0 Å². The van der Waals surface area contributed by atoms with Gasteiger partial charge < -0.3 is 20.1 Å². The second-order valence-electron chi connectivity index (χ2n) is 4.99. The number of rotatable bonds is 7. The van der Waals surface area contributed by atoms with Crippen LogP contribution in [-0.2, 0) is 9.53 Å². The number of nitrogens with zero attached hydrogens (tertiary/aromatic N) is 1. The molecular weight excluding hydrogens is 248 g/mol. The van der Waals surface area contributed by atoms with Crippen molar-refractivity contribution in [2.24, 2.45) is 5.92 Å². The molecule has 0 radical (unpaired) electrons. The molecule has 2 amide bonds. The van der Waals surface area contributed by atoms with E-state index < -0.39 is 5.97 Å². The molecule has 1 aliphatic heterocycles. The number of amides is 2. The van der Waals surface area contributed by atoms with Crippen molar-refractivity contribution in [2.75, 3.05) is 33.4 Å². The lowest BCUT2D eigenvalue weighted by atomic mass is 9.99. The highest BCUT2D eigenvalue weighted by Crippen LogP contribution is 2.16. The summed E-state index contributed by atoms with van der Waals surface area (Å²) in [5.41, 5.74) is 0. The minimum absolute atomic E-state index is 0.0453. The van der Waals surface area contributed by atoms with Crippen LogP contribution >= 0.6 is 0 Å². The summed E-state index contributed by atoms with van der Waals surface area (Å²) in [4.78, 5) is 24.1. The molecule has 0 bridgehead atoms. The van der Waals surface area contributed by atoms with Crippen molar-refractivity contribution < 1.29 is 19.4 Å². The highest BCUT2D eigenvalue weighted by Gasteiger charge is 2.23. The van der Waals surface area contributed by atoms with Gasteiger partial charge in [0.2, 0.25) is 0 Å². The zero-order valence-corrected chi connectivity index (χ0v) is 11.6. The number of hydrogen-bond acceptors (Lipinski definition) is 3. The molecule has 1 heterocycles. The molecule has 0 spiro atoms. The van der Waals surface area contributed by atoms with Gasteiger partial charge in [0.25, 0.3) is 0 Å². The van der Waals surface area contributed by atoms with Gasteiger partial charge in [-0.1, -0.05) is 0 Å². The molecular formula is C13H24N2O4. The van der Waals surface area contributed by atoms with Gasteiger partial charge in [-0.05, 0) is 25.7 Å². The summed E-state index contributed by atoms with van der Waals surface area (Å²) in [7, 11) is 1.68. The Morgan fingerprint density at radius 2 is 2.21 bits per heavy atom. The van der Waals surface area contributed by atoms with Gasteiger partial charge in [-0.15, -0.1) is 0 Å². The van der Waals surface area contributed by atoms with Crippen LogP contribution in [0, 0.1) is 5.92 Å². The van der Waals surface area contributed by atoms with E-state index in [1.807, 2.05) is 4.90 Å². The number of urea groups is 1. The summed E-state index contributed by atoms with van der Waals surface area (Å²) in [6, 6.07) is -0.0453. The number of unbranched alkanes of at least 4 members (excludes halogenated alkanes) is 1. The Labute approximate surface area is 114 Å². The van der Waals surface area contributed by atoms with Crippen molar-refractivity contribution >= 4 is 12.0 Å². The third-order valence-corrected chi connectivity index (χ3v) is 3.30. The Balaban J connectivity index is 2.16. The minimum atomic E-state index is -0.787. The molecule has 0 aromatic heterocycles. The number of methoxy groups -OCH3 is 1. The maximum Gasteiger partial charge on any atom is 0.317 e. The quantitative estimate of drug-likeness (QED) is 0.685. The van der Waals surface area contributed by atoms with E-state index in [1.54, 1.807) is 7.11 Å². The highest BCUT2D eigenvalue weighted by molar-refractivity contribution is 5.74. The molecule has 0 aromatic rings. The molecule has 0 aromatic carbocycles. The Morgan fingerprint density at radius 1 is 1.42 bits per heavy atom. The number of carbonyl (C=O) groups is 2. The van der Waals surface area contributed by atoms with Crippen LogP contribution in [0.15, 0.2) is 0 Å². The van der Waals surface area contributed by atoms with Crippen LogP contribution in [0.5, 0.6) is 0 Å². The second kappa shape index (κ2) is 8.74. The maximum atomic E-state index is 11.9. The lowest BCUT2D eigenvalue weighted by molar-refractivity contribution is -0.137. The standard InChI is InChI=1S/C13H24N2O4/c1-19-10-11-5-4-8-15(9-11)13(18)14-7-3-2-6-12(16)17/h11H,2-10H2,1H3,(H,14,18)(H,16,17). The number of piperidine rings is 1. The predicted octanol–water partition coefficient (Wildman–Crippen LogP) is 1.31. The number of carbonyl (C=O) groups excluding carboxylic acids is 1. The first-order valence-corrected chi connectivity index (χ1v) is 6.87. The zero-order valence-electron chi connectivity index (χ0n) is 11.6. The second-order valence-corrected chi connectivity index (χ2v) is 4.99. The third kappa shape index (κ3) is 6.42. The average molecular weight is 272 g/mol. The topological polar surface area (TPSA) is 78.9 Å². The van der Waals surface area contributed by atoms with Crippen molar-refractivity contribution in [1.82, 2.24) is 10.2 Å². The fourth-order valence-electron chi connectivity index (χ4n) is 2.33. The highest BCUT2D eigenvalue weighted by atomic mass is 16.5. The number of carboxylic acid groups (broad SMARTS) is 1. The largest absolute Gasteiger partial charge is 0.481 e. The van der Waals surface area contributed by atoms with E-state index in [-0.39, 0.29) is 12.5 Å². The number of likely N-dealkylation sites (tertiary alicyclic amines) is 1. The predicted molar refractivity (Wildman–Crippen MR) is 71.1 cm³/mol. The van der Waals surface area contributed by atoms with Crippen LogP contribution in [0.25, 0.3) is 0 Å².